The Hall–Kier alpha value is -3.16. The summed E-state index contributed by atoms with van der Waals surface area (Å²) in [4.78, 5) is 18.8. The van der Waals surface area contributed by atoms with Crippen LogP contribution in [0, 0.1) is 0 Å². The number of aromatic nitrogens is 1. The molecule has 1 aliphatic heterocycles. The van der Waals surface area contributed by atoms with Gasteiger partial charge < -0.3 is 19.8 Å². The van der Waals surface area contributed by atoms with Gasteiger partial charge in [0.1, 0.15) is 0 Å². The van der Waals surface area contributed by atoms with Gasteiger partial charge >= 0.3 is 6.03 Å². The summed E-state index contributed by atoms with van der Waals surface area (Å²) in [6.45, 7) is 5.85. The van der Waals surface area contributed by atoms with E-state index in [2.05, 4.69) is 39.6 Å². The van der Waals surface area contributed by atoms with Crippen LogP contribution >= 0.6 is 0 Å². The minimum atomic E-state index is -0.302. The van der Waals surface area contributed by atoms with Crippen molar-refractivity contribution in [2.45, 2.75) is 19.5 Å². The first-order valence-electron chi connectivity index (χ1n) is 10.2. The van der Waals surface area contributed by atoms with Gasteiger partial charge in [0.25, 0.3) is 0 Å². The fourth-order valence-corrected chi connectivity index (χ4v) is 3.48. The van der Waals surface area contributed by atoms with Crippen molar-refractivity contribution in [2.24, 2.45) is 0 Å². The highest BCUT2D eigenvalue weighted by atomic mass is 16.5. The monoisotopic (exact) mass is 406 g/mol. The zero-order valence-electron chi connectivity index (χ0n) is 17.0. The first kappa shape index (κ1) is 20.1. The lowest BCUT2D eigenvalue weighted by Gasteiger charge is -2.32. The molecule has 0 saturated carbocycles. The fourth-order valence-electron chi connectivity index (χ4n) is 3.48. The average molecular weight is 406 g/mol. The third-order valence-corrected chi connectivity index (χ3v) is 5.26. The van der Waals surface area contributed by atoms with Crippen molar-refractivity contribution in [1.82, 2.24) is 15.2 Å². The Balaban J connectivity index is 1.27. The van der Waals surface area contributed by atoms with Crippen molar-refractivity contribution in [2.75, 3.05) is 31.6 Å². The Bertz CT molecular complexity index is 950. The van der Waals surface area contributed by atoms with Crippen LogP contribution in [0.25, 0.3) is 11.3 Å². The van der Waals surface area contributed by atoms with Crippen molar-refractivity contribution < 1.29 is 13.9 Å². The second-order valence-corrected chi connectivity index (χ2v) is 7.24. The number of urea groups is 1. The molecule has 1 unspecified atom stereocenters. The normalized spacial score (nSPS) is 15.5. The van der Waals surface area contributed by atoms with E-state index in [1.165, 1.54) is 5.56 Å². The maximum atomic E-state index is 12.2. The smallest absolute Gasteiger partial charge is 0.319 e. The predicted octanol–water partition coefficient (Wildman–Crippen LogP) is 4.06. The van der Waals surface area contributed by atoms with Gasteiger partial charge in [0.2, 0.25) is 5.89 Å². The van der Waals surface area contributed by atoms with E-state index < -0.39 is 0 Å². The molecule has 1 saturated heterocycles. The van der Waals surface area contributed by atoms with Crippen LogP contribution in [0.4, 0.5) is 10.5 Å². The van der Waals surface area contributed by atoms with E-state index >= 15 is 0 Å². The quantitative estimate of drug-likeness (QED) is 0.645. The van der Waals surface area contributed by atoms with Crippen molar-refractivity contribution in [1.29, 1.82) is 0 Å². The largest absolute Gasteiger partial charge is 0.439 e. The van der Waals surface area contributed by atoms with E-state index in [0.29, 0.717) is 17.7 Å². The number of amides is 2. The first-order chi connectivity index (χ1) is 14.7. The second-order valence-electron chi connectivity index (χ2n) is 7.24. The predicted molar refractivity (Wildman–Crippen MR) is 115 cm³/mol. The second kappa shape index (κ2) is 9.56. The summed E-state index contributed by atoms with van der Waals surface area (Å²) in [5.41, 5.74) is 2.91. The zero-order chi connectivity index (χ0) is 20.8. The van der Waals surface area contributed by atoms with Gasteiger partial charge in [0.05, 0.1) is 26.0 Å². The van der Waals surface area contributed by atoms with Crippen molar-refractivity contribution in [3.63, 3.8) is 0 Å². The molecule has 2 aromatic carbocycles. The maximum absolute atomic E-state index is 12.2. The van der Waals surface area contributed by atoms with E-state index in [1.54, 1.807) is 6.20 Å². The third-order valence-electron chi connectivity index (χ3n) is 5.26. The van der Waals surface area contributed by atoms with E-state index in [-0.39, 0.29) is 12.6 Å². The minimum Gasteiger partial charge on any atom is -0.439 e. The highest BCUT2D eigenvalue weighted by Crippen LogP contribution is 2.23. The van der Waals surface area contributed by atoms with E-state index in [9.17, 15) is 4.79 Å². The lowest BCUT2D eigenvalue weighted by molar-refractivity contribution is 0.0198. The molecule has 0 bridgehead atoms. The molecule has 4 rings (SSSR count). The van der Waals surface area contributed by atoms with Crippen molar-refractivity contribution in [3.05, 3.63) is 72.2 Å². The molecule has 7 nitrogen and oxygen atoms in total. The molecule has 156 valence electrons. The van der Waals surface area contributed by atoms with Crippen molar-refractivity contribution in [3.8, 4) is 11.3 Å². The summed E-state index contributed by atoms with van der Waals surface area (Å²) in [7, 11) is 0. The van der Waals surface area contributed by atoms with Crippen molar-refractivity contribution >= 4 is 11.7 Å². The highest BCUT2D eigenvalue weighted by Gasteiger charge is 2.18. The number of rotatable bonds is 6. The van der Waals surface area contributed by atoms with Gasteiger partial charge in [0, 0.05) is 30.4 Å². The number of nitrogens with one attached hydrogen (secondary N) is 2. The summed E-state index contributed by atoms with van der Waals surface area (Å²) in [6.07, 6.45) is 1.67. The number of hydrogen-bond donors (Lipinski definition) is 2. The number of hydrogen-bond acceptors (Lipinski definition) is 5. The molecule has 1 atom stereocenters. The molecule has 2 N–H and O–H groups in total. The van der Waals surface area contributed by atoms with Crippen LogP contribution in [-0.2, 0) is 11.3 Å². The maximum Gasteiger partial charge on any atom is 0.319 e. The average Bonchev–Trinajstić information content (AvgIpc) is 3.28. The molecule has 1 aliphatic rings. The molecule has 1 aromatic heterocycles. The number of ether oxygens (including phenoxy) is 1. The first-order valence-corrected chi connectivity index (χ1v) is 10.2. The SMILES string of the molecule is CC(c1ccc(NC(=O)NCc2ncc(-c3ccccc3)o2)cc1)N1CCOCC1. The van der Waals surface area contributed by atoms with Gasteiger partial charge in [-0.3, -0.25) is 4.90 Å². The van der Waals surface area contributed by atoms with E-state index in [1.807, 2.05) is 42.5 Å². The fraction of sp³-hybridized carbons (Fsp3) is 0.304. The summed E-state index contributed by atoms with van der Waals surface area (Å²) in [6, 6.07) is 17.7. The Morgan fingerprint density at radius 1 is 1.10 bits per heavy atom. The number of benzene rings is 2. The number of carbonyl (C=O) groups excluding carboxylic acids is 1. The molecule has 2 heterocycles. The lowest BCUT2D eigenvalue weighted by Crippen LogP contribution is -2.38. The molecular weight excluding hydrogens is 380 g/mol. The molecule has 3 aromatic rings. The number of carbonyl (C=O) groups is 1. The number of anilines is 1. The number of nitrogens with zero attached hydrogens (tertiary/aromatic N) is 2. The number of morpholine rings is 1. The highest BCUT2D eigenvalue weighted by molar-refractivity contribution is 5.89. The van der Waals surface area contributed by atoms with Crippen LogP contribution in [0.5, 0.6) is 0 Å². The summed E-state index contributed by atoms with van der Waals surface area (Å²) in [5, 5.41) is 5.62. The van der Waals surface area contributed by atoms with Gasteiger partial charge in [-0.05, 0) is 24.6 Å². The van der Waals surface area contributed by atoms with Gasteiger partial charge in [-0.2, -0.15) is 0 Å². The van der Waals surface area contributed by atoms with Crippen LogP contribution in [-0.4, -0.2) is 42.2 Å². The Morgan fingerprint density at radius 2 is 1.83 bits per heavy atom. The van der Waals surface area contributed by atoms with Crippen LogP contribution in [0.3, 0.4) is 0 Å². The van der Waals surface area contributed by atoms with Gasteiger partial charge in [-0.15, -0.1) is 0 Å². The molecule has 30 heavy (non-hydrogen) atoms. The van der Waals surface area contributed by atoms with E-state index in [4.69, 9.17) is 9.15 Å². The standard InChI is InChI=1S/C23H26N4O3/c1-17(27-11-13-29-14-12-27)18-7-9-20(10-8-18)26-23(28)25-16-22-24-15-21(30-22)19-5-3-2-4-6-19/h2-10,15,17H,11-14,16H2,1H3,(H2,25,26,28). The Kier molecular flexibility index (Phi) is 6.41. The van der Waals surface area contributed by atoms with Gasteiger partial charge in [-0.1, -0.05) is 42.5 Å². The summed E-state index contributed by atoms with van der Waals surface area (Å²) >= 11 is 0. The van der Waals surface area contributed by atoms with Gasteiger partial charge in [-0.25, -0.2) is 9.78 Å². The van der Waals surface area contributed by atoms with E-state index in [0.717, 1.165) is 37.6 Å². The molecule has 2 amide bonds. The topological polar surface area (TPSA) is 79.6 Å². The molecule has 0 spiro atoms. The Labute approximate surface area is 176 Å². The zero-order valence-corrected chi connectivity index (χ0v) is 17.0. The summed E-state index contributed by atoms with van der Waals surface area (Å²) < 4.78 is 11.1. The molecule has 0 aliphatic carbocycles. The van der Waals surface area contributed by atoms with Crippen LogP contribution < -0.4 is 10.6 Å². The van der Waals surface area contributed by atoms with Crippen LogP contribution in [0.1, 0.15) is 24.4 Å². The molecule has 0 radical (unpaired) electrons. The molecule has 7 heteroatoms. The minimum absolute atomic E-state index is 0.213. The van der Waals surface area contributed by atoms with Crippen LogP contribution in [0.2, 0.25) is 0 Å². The Morgan fingerprint density at radius 3 is 2.57 bits per heavy atom. The molecule has 1 fully saturated rings. The third kappa shape index (κ3) is 5.06. The van der Waals surface area contributed by atoms with Crippen LogP contribution in [0.15, 0.2) is 65.2 Å². The number of oxazole rings is 1. The lowest BCUT2D eigenvalue weighted by atomic mass is 10.1. The summed E-state index contributed by atoms with van der Waals surface area (Å²) in [5.74, 6) is 1.14. The van der Waals surface area contributed by atoms with Gasteiger partial charge in [0.15, 0.2) is 5.76 Å². The molecular formula is C23H26N4O3.